The number of benzene rings is 1. The van der Waals surface area contributed by atoms with Crippen molar-refractivity contribution in [3.8, 4) is 5.75 Å². The Bertz CT molecular complexity index is 627. The Balaban J connectivity index is 2.11. The molecule has 0 unspecified atom stereocenters. The highest BCUT2D eigenvalue weighted by molar-refractivity contribution is 5.68. The number of rotatable bonds is 4. The molecule has 5 heteroatoms. The van der Waals surface area contributed by atoms with Crippen LogP contribution >= 0.6 is 0 Å². The van der Waals surface area contributed by atoms with Crippen LogP contribution in [0.4, 0.5) is 10.5 Å². The van der Waals surface area contributed by atoms with Crippen LogP contribution < -0.4 is 10.5 Å². The highest BCUT2D eigenvalue weighted by Crippen LogP contribution is 2.36. The summed E-state index contributed by atoms with van der Waals surface area (Å²) in [6.45, 7) is 13.3. The van der Waals surface area contributed by atoms with Gasteiger partial charge in [0.1, 0.15) is 11.4 Å². The van der Waals surface area contributed by atoms with Gasteiger partial charge in [-0.15, -0.1) is 0 Å². The minimum Gasteiger partial charge on any atom is -0.489 e. The molecule has 146 valence electrons. The number of hydrogen-bond donors (Lipinski definition) is 1. The molecule has 1 aliphatic rings. The van der Waals surface area contributed by atoms with Gasteiger partial charge in [-0.1, -0.05) is 6.92 Å². The largest absolute Gasteiger partial charge is 0.489 e. The summed E-state index contributed by atoms with van der Waals surface area (Å²) >= 11 is 0. The summed E-state index contributed by atoms with van der Waals surface area (Å²) in [5, 5.41) is 0. The predicted octanol–water partition coefficient (Wildman–Crippen LogP) is 4.73. The predicted molar refractivity (Wildman–Crippen MR) is 106 cm³/mol. The maximum absolute atomic E-state index is 12.3. The second-order valence-electron chi connectivity index (χ2n) is 8.35. The lowest BCUT2D eigenvalue weighted by atomic mass is 9.85. The Hall–Kier alpha value is -1.91. The molecule has 0 radical (unpaired) electrons. The number of hydrogen-bond acceptors (Lipinski definition) is 4. The summed E-state index contributed by atoms with van der Waals surface area (Å²) in [7, 11) is 0. The van der Waals surface area contributed by atoms with Gasteiger partial charge in [0.25, 0.3) is 0 Å². The molecule has 0 spiro atoms. The number of carbonyl (C=O) groups excluding carboxylic acids is 1. The van der Waals surface area contributed by atoms with Gasteiger partial charge in [0, 0.05) is 13.1 Å². The van der Waals surface area contributed by atoms with Crippen LogP contribution in [0.2, 0.25) is 0 Å². The lowest BCUT2D eigenvalue weighted by Crippen LogP contribution is -2.41. The molecule has 2 rings (SSSR count). The monoisotopic (exact) mass is 362 g/mol. The molecular weight excluding hydrogens is 328 g/mol. The smallest absolute Gasteiger partial charge is 0.410 e. The van der Waals surface area contributed by atoms with E-state index < -0.39 is 5.60 Å². The van der Waals surface area contributed by atoms with Crippen LogP contribution in [0.25, 0.3) is 0 Å². The topological polar surface area (TPSA) is 64.8 Å². The van der Waals surface area contributed by atoms with Crippen molar-refractivity contribution in [1.29, 1.82) is 0 Å². The van der Waals surface area contributed by atoms with E-state index in [1.165, 1.54) is 11.1 Å². The van der Waals surface area contributed by atoms with E-state index in [4.69, 9.17) is 15.2 Å². The summed E-state index contributed by atoms with van der Waals surface area (Å²) in [6, 6.07) is 4.16. The number of ether oxygens (including phenoxy) is 2. The van der Waals surface area contributed by atoms with Crippen LogP contribution in [0, 0.1) is 0 Å². The number of nitrogens with zero attached hydrogens (tertiary/aromatic N) is 1. The van der Waals surface area contributed by atoms with Gasteiger partial charge >= 0.3 is 6.09 Å². The maximum atomic E-state index is 12.3. The Morgan fingerprint density at radius 3 is 2.38 bits per heavy atom. The molecule has 26 heavy (non-hydrogen) atoms. The number of anilines is 1. The molecule has 2 N–H and O–H groups in total. The van der Waals surface area contributed by atoms with E-state index in [1.54, 1.807) is 0 Å². The highest BCUT2D eigenvalue weighted by atomic mass is 16.6. The fraction of sp³-hybridized carbons (Fsp3) is 0.667. The number of nitrogens with two attached hydrogens (primary N) is 1. The number of aryl methyl sites for hydroxylation is 1. The molecule has 1 heterocycles. The fourth-order valence-electron chi connectivity index (χ4n) is 3.40. The third-order valence-corrected chi connectivity index (χ3v) is 4.60. The molecule has 1 aromatic carbocycles. The first-order chi connectivity index (χ1) is 12.1. The van der Waals surface area contributed by atoms with Gasteiger partial charge in [0.2, 0.25) is 0 Å². The van der Waals surface area contributed by atoms with Crippen LogP contribution in [0.1, 0.15) is 71.4 Å². The molecule has 1 fully saturated rings. The van der Waals surface area contributed by atoms with E-state index in [9.17, 15) is 4.79 Å². The molecule has 1 aromatic rings. The van der Waals surface area contributed by atoms with Crippen molar-refractivity contribution < 1.29 is 14.3 Å². The van der Waals surface area contributed by atoms with Gasteiger partial charge < -0.3 is 20.1 Å². The first-order valence-corrected chi connectivity index (χ1v) is 9.67. The van der Waals surface area contributed by atoms with Crippen molar-refractivity contribution in [2.75, 3.05) is 18.8 Å². The van der Waals surface area contributed by atoms with Gasteiger partial charge in [-0.3, -0.25) is 0 Å². The summed E-state index contributed by atoms with van der Waals surface area (Å²) in [5.74, 6) is 1.18. The summed E-state index contributed by atoms with van der Waals surface area (Å²) in [4.78, 5) is 14.1. The van der Waals surface area contributed by atoms with Crippen molar-refractivity contribution in [2.24, 2.45) is 0 Å². The van der Waals surface area contributed by atoms with Gasteiger partial charge in [-0.05, 0) is 83.1 Å². The Labute approximate surface area is 157 Å². The standard InChI is InChI=1S/C21H34N2O3/c1-7-15-12-18(22)19(25-14(2)3)13-17(15)16-8-10-23(11-9-16)20(24)26-21(4,5)6/h12-14,16H,7-11,22H2,1-6H3. The third kappa shape index (κ3) is 5.29. The molecule has 0 atom stereocenters. The van der Waals surface area contributed by atoms with Crippen molar-refractivity contribution in [3.05, 3.63) is 23.3 Å². The lowest BCUT2D eigenvalue weighted by molar-refractivity contribution is 0.0204. The number of piperidine rings is 1. The SMILES string of the molecule is CCc1cc(N)c(OC(C)C)cc1C1CCN(C(=O)OC(C)(C)C)CC1. The van der Waals surface area contributed by atoms with Crippen LogP contribution in [0.5, 0.6) is 5.75 Å². The molecule has 1 saturated heterocycles. The van der Waals surface area contributed by atoms with E-state index in [2.05, 4.69) is 13.0 Å². The van der Waals surface area contributed by atoms with Crippen molar-refractivity contribution >= 4 is 11.8 Å². The van der Waals surface area contributed by atoms with E-state index >= 15 is 0 Å². The molecule has 1 aliphatic heterocycles. The zero-order valence-electron chi connectivity index (χ0n) is 17.1. The second kappa shape index (κ2) is 8.19. The zero-order chi connectivity index (χ0) is 19.5. The van der Waals surface area contributed by atoms with Crippen molar-refractivity contribution in [2.45, 2.75) is 78.4 Å². The van der Waals surface area contributed by atoms with E-state index in [0.29, 0.717) is 24.7 Å². The maximum Gasteiger partial charge on any atom is 0.410 e. The van der Waals surface area contributed by atoms with Crippen LogP contribution in [-0.2, 0) is 11.2 Å². The summed E-state index contributed by atoms with van der Waals surface area (Å²) in [5.41, 5.74) is 8.99. The van der Waals surface area contributed by atoms with Gasteiger partial charge in [0.15, 0.2) is 0 Å². The Morgan fingerprint density at radius 1 is 1.27 bits per heavy atom. The minimum atomic E-state index is -0.455. The highest BCUT2D eigenvalue weighted by Gasteiger charge is 2.28. The Morgan fingerprint density at radius 2 is 1.88 bits per heavy atom. The molecule has 0 bridgehead atoms. The van der Waals surface area contributed by atoms with Crippen molar-refractivity contribution in [3.63, 3.8) is 0 Å². The average molecular weight is 363 g/mol. The average Bonchev–Trinajstić information content (AvgIpc) is 2.54. The molecule has 0 aromatic heterocycles. The second-order valence-corrected chi connectivity index (χ2v) is 8.35. The van der Waals surface area contributed by atoms with Crippen LogP contribution in [0.15, 0.2) is 12.1 Å². The zero-order valence-corrected chi connectivity index (χ0v) is 17.1. The lowest BCUT2D eigenvalue weighted by Gasteiger charge is -2.34. The number of likely N-dealkylation sites (tertiary alicyclic amines) is 1. The van der Waals surface area contributed by atoms with Gasteiger partial charge in [0.05, 0.1) is 11.8 Å². The quantitative estimate of drug-likeness (QED) is 0.786. The number of nitrogen functional groups attached to an aromatic ring is 1. The minimum absolute atomic E-state index is 0.0895. The first-order valence-electron chi connectivity index (χ1n) is 9.67. The molecular formula is C21H34N2O3. The van der Waals surface area contributed by atoms with E-state index in [-0.39, 0.29) is 12.2 Å². The molecule has 0 saturated carbocycles. The summed E-state index contributed by atoms with van der Waals surface area (Å²) in [6.07, 6.45) is 2.67. The number of amides is 1. The summed E-state index contributed by atoms with van der Waals surface area (Å²) < 4.78 is 11.4. The Kier molecular flexibility index (Phi) is 6.43. The van der Waals surface area contributed by atoms with Crippen LogP contribution in [0.3, 0.4) is 0 Å². The van der Waals surface area contributed by atoms with Gasteiger partial charge in [-0.2, -0.15) is 0 Å². The first kappa shape index (κ1) is 20.4. The van der Waals surface area contributed by atoms with Gasteiger partial charge in [-0.25, -0.2) is 4.79 Å². The molecule has 1 amide bonds. The van der Waals surface area contributed by atoms with Crippen molar-refractivity contribution in [1.82, 2.24) is 4.90 Å². The third-order valence-electron chi connectivity index (χ3n) is 4.60. The fourth-order valence-corrected chi connectivity index (χ4v) is 3.40. The van der Waals surface area contributed by atoms with Crippen LogP contribution in [-0.4, -0.2) is 35.8 Å². The van der Waals surface area contributed by atoms with E-state index in [0.717, 1.165) is 25.0 Å². The van der Waals surface area contributed by atoms with E-state index in [1.807, 2.05) is 45.6 Å². The molecule has 0 aliphatic carbocycles. The number of carbonyl (C=O) groups is 1. The molecule has 5 nitrogen and oxygen atoms in total. The normalized spacial score (nSPS) is 16.0.